The van der Waals surface area contributed by atoms with E-state index in [0.29, 0.717) is 33.5 Å². The molecule has 0 unspecified atom stereocenters. The molecule has 0 radical (unpaired) electrons. The molecule has 3 rings (SSSR count). The lowest BCUT2D eigenvalue weighted by Crippen LogP contribution is -2.34. The summed E-state index contributed by atoms with van der Waals surface area (Å²) in [6.07, 6.45) is 0. The molecule has 0 saturated heterocycles. The first-order valence-electron chi connectivity index (χ1n) is 9.52. The van der Waals surface area contributed by atoms with E-state index >= 15 is 0 Å². The predicted molar refractivity (Wildman–Crippen MR) is 134 cm³/mol. The minimum Gasteiger partial charge on any atom is -0.496 e. The Morgan fingerprint density at radius 1 is 0.818 bits per heavy atom. The first kappa shape index (κ1) is 24.3. The first-order valence-corrected chi connectivity index (χ1v) is 10.7. The second-order valence-electron chi connectivity index (χ2n) is 6.60. The zero-order chi connectivity index (χ0) is 24.0. The van der Waals surface area contributed by atoms with Crippen molar-refractivity contribution in [2.75, 3.05) is 24.9 Å². The molecule has 0 heterocycles. The van der Waals surface area contributed by atoms with Gasteiger partial charge in [0, 0.05) is 16.4 Å². The van der Waals surface area contributed by atoms with Gasteiger partial charge in [0.15, 0.2) is 5.11 Å². The largest absolute Gasteiger partial charge is 0.496 e. The van der Waals surface area contributed by atoms with Gasteiger partial charge in [-0.25, -0.2) is 0 Å². The standard InChI is InChI=1S/C23H19Cl2N3O4S/c1-31-18-4-3-5-19(32-2)20(18)22(30)28-23(33)27-15-9-7-14(8-10-15)26-21(29)16-11-6-13(24)12-17(16)25/h3-12H,1-2H3,(H,26,29)(H2,27,28,30,33). The van der Waals surface area contributed by atoms with Crippen molar-refractivity contribution in [3.63, 3.8) is 0 Å². The third kappa shape index (κ3) is 6.13. The molecular formula is C23H19Cl2N3O4S. The number of ether oxygens (including phenoxy) is 2. The van der Waals surface area contributed by atoms with Gasteiger partial charge < -0.3 is 20.1 Å². The number of thiocarbonyl (C=S) groups is 1. The number of hydrogen-bond acceptors (Lipinski definition) is 5. The highest BCUT2D eigenvalue weighted by Crippen LogP contribution is 2.28. The minimum atomic E-state index is -0.481. The van der Waals surface area contributed by atoms with E-state index in [4.69, 9.17) is 44.9 Å². The van der Waals surface area contributed by atoms with Crippen LogP contribution < -0.4 is 25.4 Å². The van der Waals surface area contributed by atoms with E-state index in [1.165, 1.54) is 20.3 Å². The zero-order valence-electron chi connectivity index (χ0n) is 17.6. The lowest BCUT2D eigenvalue weighted by atomic mass is 10.1. The quantitative estimate of drug-likeness (QED) is 0.390. The molecule has 0 saturated carbocycles. The van der Waals surface area contributed by atoms with Crippen molar-refractivity contribution >= 4 is 63.7 Å². The molecule has 0 spiro atoms. The Bertz CT molecular complexity index is 1180. The van der Waals surface area contributed by atoms with Gasteiger partial charge in [-0.05, 0) is 66.8 Å². The lowest BCUT2D eigenvalue weighted by Gasteiger charge is -2.14. The van der Waals surface area contributed by atoms with Gasteiger partial charge in [0.25, 0.3) is 11.8 Å². The number of amides is 2. The van der Waals surface area contributed by atoms with E-state index in [9.17, 15) is 9.59 Å². The SMILES string of the molecule is COc1cccc(OC)c1C(=O)NC(=S)Nc1ccc(NC(=O)c2ccc(Cl)cc2Cl)cc1. The van der Waals surface area contributed by atoms with Crippen molar-refractivity contribution in [3.8, 4) is 11.5 Å². The molecule has 7 nitrogen and oxygen atoms in total. The molecule has 3 N–H and O–H groups in total. The maximum absolute atomic E-state index is 12.7. The topological polar surface area (TPSA) is 88.7 Å². The van der Waals surface area contributed by atoms with Crippen molar-refractivity contribution in [1.82, 2.24) is 5.32 Å². The highest BCUT2D eigenvalue weighted by atomic mass is 35.5. The molecule has 0 atom stereocenters. The number of benzene rings is 3. The maximum atomic E-state index is 12.7. The summed E-state index contributed by atoms with van der Waals surface area (Å²) < 4.78 is 10.5. The number of carbonyl (C=O) groups excluding carboxylic acids is 2. The molecule has 2 amide bonds. The van der Waals surface area contributed by atoms with E-state index in [-0.39, 0.29) is 21.6 Å². The van der Waals surface area contributed by atoms with Crippen LogP contribution in [0, 0.1) is 0 Å². The van der Waals surface area contributed by atoms with Crippen molar-refractivity contribution in [2.45, 2.75) is 0 Å². The fourth-order valence-corrected chi connectivity index (χ4v) is 3.62. The Hall–Kier alpha value is -3.33. The van der Waals surface area contributed by atoms with E-state index in [0.717, 1.165) is 0 Å². The summed E-state index contributed by atoms with van der Waals surface area (Å²) in [5, 5.41) is 9.05. The van der Waals surface area contributed by atoms with Gasteiger partial charge in [0.2, 0.25) is 0 Å². The summed E-state index contributed by atoms with van der Waals surface area (Å²) in [5.41, 5.74) is 1.68. The molecule has 0 aromatic heterocycles. The van der Waals surface area contributed by atoms with E-state index < -0.39 is 5.91 Å². The molecule has 10 heteroatoms. The minimum absolute atomic E-state index is 0.0812. The van der Waals surface area contributed by atoms with Crippen molar-refractivity contribution in [2.24, 2.45) is 0 Å². The molecule has 0 aliphatic carbocycles. The Morgan fingerprint density at radius 2 is 1.39 bits per heavy atom. The molecule has 0 bridgehead atoms. The van der Waals surface area contributed by atoms with Crippen molar-refractivity contribution < 1.29 is 19.1 Å². The van der Waals surface area contributed by atoms with E-state index in [2.05, 4.69) is 16.0 Å². The average molecular weight is 504 g/mol. The van der Waals surface area contributed by atoms with Crippen LogP contribution in [-0.4, -0.2) is 31.1 Å². The molecule has 3 aromatic rings. The number of anilines is 2. The molecule has 0 aliphatic heterocycles. The third-order valence-electron chi connectivity index (χ3n) is 4.46. The molecule has 3 aromatic carbocycles. The van der Waals surface area contributed by atoms with Crippen LogP contribution in [-0.2, 0) is 0 Å². The molecule has 33 heavy (non-hydrogen) atoms. The fraction of sp³-hybridized carbons (Fsp3) is 0.0870. The van der Waals surface area contributed by atoms with E-state index in [1.807, 2.05) is 0 Å². The molecule has 0 fully saturated rings. The molecular weight excluding hydrogens is 485 g/mol. The van der Waals surface area contributed by atoms with Crippen LogP contribution in [0.4, 0.5) is 11.4 Å². The van der Waals surface area contributed by atoms with Gasteiger partial charge in [-0.15, -0.1) is 0 Å². The van der Waals surface area contributed by atoms with Gasteiger partial charge in [0.1, 0.15) is 17.1 Å². The monoisotopic (exact) mass is 503 g/mol. The van der Waals surface area contributed by atoms with Crippen LogP contribution in [0.1, 0.15) is 20.7 Å². The number of nitrogens with one attached hydrogen (secondary N) is 3. The highest BCUT2D eigenvalue weighted by molar-refractivity contribution is 7.80. The van der Waals surface area contributed by atoms with Gasteiger partial charge in [-0.3, -0.25) is 14.9 Å². The van der Waals surface area contributed by atoms with Crippen molar-refractivity contribution in [1.29, 1.82) is 0 Å². The Kier molecular flexibility index (Phi) is 8.11. The summed E-state index contributed by atoms with van der Waals surface area (Å²) in [5.74, 6) is -0.137. The van der Waals surface area contributed by atoms with Gasteiger partial charge in [-0.1, -0.05) is 29.3 Å². The maximum Gasteiger partial charge on any atom is 0.264 e. The smallest absolute Gasteiger partial charge is 0.264 e. The summed E-state index contributed by atoms with van der Waals surface area (Å²) >= 11 is 17.2. The number of rotatable bonds is 6. The third-order valence-corrected chi connectivity index (χ3v) is 5.21. The summed E-state index contributed by atoms with van der Waals surface area (Å²) in [6, 6.07) is 16.4. The Morgan fingerprint density at radius 3 is 1.94 bits per heavy atom. The van der Waals surface area contributed by atoms with Crippen LogP contribution in [0.25, 0.3) is 0 Å². The first-order chi connectivity index (χ1) is 15.8. The van der Waals surface area contributed by atoms with Gasteiger partial charge in [-0.2, -0.15) is 0 Å². The number of hydrogen-bond donors (Lipinski definition) is 3. The number of halogens is 2. The van der Waals surface area contributed by atoms with Crippen molar-refractivity contribution in [3.05, 3.63) is 81.8 Å². The Balaban J connectivity index is 1.62. The van der Waals surface area contributed by atoms with Crippen LogP contribution in [0.3, 0.4) is 0 Å². The number of carbonyl (C=O) groups is 2. The fourth-order valence-electron chi connectivity index (χ4n) is 2.91. The molecule has 170 valence electrons. The van der Waals surface area contributed by atoms with Crippen LogP contribution in [0.15, 0.2) is 60.7 Å². The zero-order valence-corrected chi connectivity index (χ0v) is 19.9. The van der Waals surface area contributed by atoms with E-state index in [1.54, 1.807) is 54.6 Å². The average Bonchev–Trinajstić information content (AvgIpc) is 2.79. The number of methoxy groups -OCH3 is 2. The Labute approximate surface area is 206 Å². The summed E-state index contributed by atoms with van der Waals surface area (Å²) in [4.78, 5) is 25.1. The van der Waals surface area contributed by atoms with Gasteiger partial charge >= 0.3 is 0 Å². The summed E-state index contributed by atoms with van der Waals surface area (Å²) in [7, 11) is 2.92. The lowest BCUT2D eigenvalue weighted by molar-refractivity contribution is 0.0970. The normalized spacial score (nSPS) is 10.2. The second-order valence-corrected chi connectivity index (χ2v) is 7.85. The highest BCUT2D eigenvalue weighted by Gasteiger charge is 2.19. The van der Waals surface area contributed by atoms with Gasteiger partial charge in [0.05, 0.1) is 24.8 Å². The summed E-state index contributed by atoms with van der Waals surface area (Å²) in [6.45, 7) is 0. The van der Waals surface area contributed by atoms with Crippen LogP contribution in [0.2, 0.25) is 10.0 Å². The predicted octanol–water partition coefficient (Wildman–Crippen LogP) is 5.39. The molecule has 0 aliphatic rings. The van der Waals surface area contributed by atoms with Crippen LogP contribution >= 0.6 is 35.4 Å². The van der Waals surface area contributed by atoms with Crippen LogP contribution in [0.5, 0.6) is 11.5 Å². The second kappa shape index (κ2) is 11.0.